The fourth-order valence-corrected chi connectivity index (χ4v) is 4.61. The van der Waals surface area contributed by atoms with Crippen LogP contribution in [0.1, 0.15) is 47.7 Å². The van der Waals surface area contributed by atoms with Crippen LogP contribution in [-0.2, 0) is 17.6 Å². The Morgan fingerprint density at radius 1 is 1.04 bits per heavy atom. The van der Waals surface area contributed by atoms with Gasteiger partial charge in [0.1, 0.15) is 0 Å². The molecule has 0 saturated carbocycles. The third-order valence-electron chi connectivity index (χ3n) is 6.10. The summed E-state index contributed by atoms with van der Waals surface area (Å²) in [5.41, 5.74) is 5.03. The maximum Gasteiger partial charge on any atom is 0.311 e. The quantitative estimate of drug-likeness (QED) is 0.599. The Balaban J connectivity index is 1.58. The smallest absolute Gasteiger partial charge is 0.311 e. The zero-order valence-electron chi connectivity index (χ0n) is 16.3. The number of carbonyl (C=O) groups excluding carboxylic acids is 1. The van der Waals surface area contributed by atoms with E-state index in [1.54, 1.807) is 14.0 Å². The summed E-state index contributed by atoms with van der Waals surface area (Å²) in [7, 11) is 3.78. The molecule has 2 atom stereocenters. The number of likely N-dealkylation sites (N-methyl/N-ethyl adjacent to an activating group) is 1. The minimum Gasteiger partial charge on any atom is -0.493 e. The van der Waals surface area contributed by atoms with Gasteiger partial charge in [-0.05, 0) is 66.4 Å². The minimum atomic E-state index is -0.260. The summed E-state index contributed by atoms with van der Waals surface area (Å²) in [6.45, 7) is 2.07. The predicted molar refractivity (Wildman–Crippen MR) is 102 cm³/mol. The van der Waals surface area contributed by atoms with Gasteiger partial charge in [-0.25, -0.2) is 0 Å². The Morgan fingerprint density at radius 3 is 2.36 bits per heavy atom. The number of ether oxygens (including phenoxy) is 4. The fourth-order valence-electron chi connectivity index (χ4n) is 4.61. The molecule has 2 bridgehead atoms. The van der Waals surface area contributed by atoms with E-state index in [-0.39, 0.29) is 24.8 Å². The molecule has 6 heteroatoms. The summed E-state index contributed by atoms with van der Waals surface area (Å²) >= 11 is 0. The van der Waals surface area contributed by atoms with Crippen LogP contribution < -0.4 is 18.9 Å². The lowest BCUT2D eigenvalue weighted by atomic mass is 9.76. The zero-order chi connectivity index (χ0) is 19.4. The summed E-state index contributed by atoms with van der Waals surface area (Å²) in [6.07, 6.45) is 2.06. The molecule has 0 amide bonds. The van der Waals surface area contributed by atoms with Crippen molar-refractivity contribution in [1.29, 1.82) is 0 Å². The van der Waals surface area contributed by atoms with Crippen molar-refractivity contribution in [2.75, 3.05) is 21.0 Å². The summed E-state index contributed by atoms with van der Waals surface area (Å²) in [4.78, 5) is 14.2. The highest BCUT2D eigenvalue weighted by atomic mass is 16.7. The highest BCUT2D eigenvalue weighted by molar-refractivity contribution is 5.73. The van der Waals surface area contributed by atoms with Crippen LogP contribution in [0.5, 0.6) is 23.0 Å². The number of rotatable bonds is 3. The van der Waals surface area contributed by atoms with Crippen molar-refractivity contribution in [3.05, 3.63) is 46.5 Å². The molecule has 0 N–H and O–H groups in total. The Bertz CT molecular complexity index is 970. The lowest BCUT2D eigenvalue weighted by Crippen LogP contribution is -2.40. The van der Waals surface area contributed by atoms with E-state index in [2.05, 4.69) is 24.1 Å². The maximum absolute atomic E-state index is 11.8. The summed E-state index contributed by atoms with van der Waals surface area (Å²) < 4.78 is 22.2. The van der Waals surface area contributed by atoms with Gasteiger partial charge in [0.2, 0.25) is 6.79 Å². The number of benzene rings is 2. The fraction of sp³-hybridized carbons (Fsp3) is 0.409. The number of nitrogens with zero attached hydrogens (tertiary/aromatic N) is 1. The first-order valence-electron chi connectivity index (χ1n) is 9.64. The van der Waals surface area contributed by atoms with Crippen LogP contribution in [0.4, 0.5) is 0 Å². The summed E-state index contributed by atoms with van der Waals surface area (Å²) in [6, 6.07) is 8.76. The van der Waals surface area contributed by atoms with Gasteiger partial charge in [-0.3, -0.25) is 9.69 Å². The van der Waals surface area contributed by atoms with Crippen molar-refractivity contribution >= 4 is 5.97 Å². The number of fused-ring (bicyclic) bond motifs is 7. The second-order valence-corrected chi connectivity index (χ2v) is 7.54. The Labute approximate surface area is 163 Å². The Morgan fingerprint density at radius 2 is 1.68 bits per heavy atom. The molecule has 3 aliphatic rings. The molecule has 28 heavy (non-hydrogen) atoms. The minimum absolute atomic E-state index is 0.242. The molecule has 0 saturated heterocycles. The van der Waals surface area contributed by atoms with Crippen molar-refractivity contribution in [2.45, 2.75) is 38.3 Å². The number of hydrogen-bond donors (Lipinski definition) is 0. The third kappa shape index (κ3) is 2.55. The van der Waals surface area contributed by atoms with E-state index >= 15 is 0 Å². The van der Waals surface area contributed by atoms with Gasteiger partial charge in [-0.1, -0.05) is 6.92 Å². The number of methoxy groups -OCH3 is 1. The van der Waals surface area contributed by atoms with Gasteiger partial charge in [-0.15, -0.1) is 0 Å². The van der Waals surface area contributed by atoms with Gasteiger partial charge in [-0.2, -0.15) is 0 Å². The molecule has 3 heterocycles. The molecule has 0 spiro atoms. The standard InChI is InChI=1S/C22H23NO5/c1-4-22(24)28-21-8-13-6-17-15-10-20-19(26-11-27-20)7-12(15)5-16(23(17)2)14(13)9-18(21)25-3/h7-10,16-17H,4-6,11H2,1-3H3/t16-,17-/m0/s1. The van der Waals surface area contributed by atoms with Gasteiger partial charge < -0.3 is 18.9 Å². The molecule has 0 radical (unpaired) electrons. The van der Waals surface area contributed by atoms with Gasteiger partial charge in [0.25, 0.3) is 0 Å². The van der Waals surface area contributed by atoms with Crippen LogP contribution in [0.15, 0.2) is 24.3 Å². The lowest BCUT2D eigenvalue weighted by molar-refractivity contribution is -0.134. The van der Waals surface area contributed by atoms with Crippen LogP contribution in [0.25, 0.3) is 0 Å². The highest BCUT2D eigenvalue weighted by Gasteiger charge is 2.40. The zero-order valence-corrected chi connectivity index (χ0v) is 16.3. The molecular formula is C22H23NO5. The van der Waals surface area contributed by atoms with Crippen molar-refractivity contribution in [3.8, 4) is 23.0 Å². The molecule has 6 nitrogen and oxygen atoms in total. The molecule has 3 aliphatic heterocycles. The molecule has 0 aromatic heterocycles. The first-order valence-corrected chi connectivity index (χ1v) is 9.64. The van der Waals surface area contributed by atoms with E-state index in [0.717, 1.165) is 24.3 Å². The first-order chi connectivity index (χ1) is 13.6. The second kappa shape index (κ2) is 6.41. The molecular weight excluding hydrogens is 358 g/mol. The van der Waals surface area contributed by atoms with E-state index in [9.17, 15) is 4.79 Å². The van der Waals surface area contributed by atoms with Gasteiger partial charge in [0.05, 0.1) is 7.11 Å². The van der Waals surface area contributed by atoms with Crippen molar-refractivity contribution in [3.63, 3.8) is 0 Å². The average Bonchev–Trinajstić information content (AvgIpc) is 3.15. The predicted octanol–water partition coefficient (Wildman–Crippen LogP) is 3.57. The van der Waals surface area contributed by atoms with E-state index in [1.165, 1.54) is 22.3 Å². The van der Waals surface area contributed by atoms with Gasteiger partial charge in [0, 0.05) is 18.5 Å². The third-order valence-corrected chi connectivity index (χ3v) is 6.10. The van der Waals surface area contributed by atoms with Crippen molar-refractivity contribution < 1.29 is 23.7 Å². The molecule has 0 aliphatic carbocycles. The van der Waals surface area contributed by atoms with Gasteiger partial charge >= 0.3 is 5.97 Å². The van der Waals surface area contributed by atoms with E-state index in [1.807, 2.05) is 12.1 Å². The number of carbonyl (C=O) groups is 1. The normalized spacial score (nSPS) is 21.7. The van der Waals surface area contributed by atoms with Crippen LogP contribution in [0.2, 0.25) is 0 Å². The summed E-state index contributed by atoms with van der Waals surface area (Å²) in [5.74, 6) is 2.50. The SMILES string of the molecule is CCC(=O)Oc1cc2c(cc1OC)[C@@H]1Cc3cc4c(cc3[C@H](C2)N1C)OCO4. The molecule has 146 valence electrons. The van der Waals surface area contributed by atoms with Crippen LogP contribution in [-0.4, -0.2) is 31.8 Å². The molecule has 0 unspecified atom stereocenters. The van der Waals surface area contributed by atoms with Gasteiger partial charge in [0.15, 0.2) is 23.0 Å². The second-order valence-electron chi connectivity index (χ2n) is 7.54. The van der Waals surface area contributed by atoms with Crippen molar-refractivity contribution in [1.82, 2.24) is 4.90 Å². The topological polar surface area (TPSA) is 57.2 Å². The average molecular weight is 381 g/mol. The highest BCUT2D eigenvalue weighted by Crippen LogP contribution is 2.51. The summed E-state index contributed by atoms with van der Waals surface area (Å²) in [5, 5.41) is 0. The maximum atomic E-state index is 11.8. The van der Waals surface area contributed by atoms with Crippen LogP contribution >= 0.6 is 0 Å². The largest absolute Gasteiger partial charge is 0.493 e. The molecule has 2 aromatic rings. The van der Waals surface area contributed by atoms with Crippen molar-refractivity contribution in [2.24, 2.45) is 0 Å². The monoisotopic (exact) mass is 381 g/mol. The first kappa shape index (κ1) is 17.4. The lowest BCUT2D eigenvalue weighted by Gasteiger charge is -2.46. The van der Waals surface area contributed by atoms with E-state index in [4.69, 9.17) is 18.9 Å². The Hall–Kier alpha value is -2.73. The number of esters is 1. The van der Waals surface area contributed by atoms with E-state index in [0.29, 0.717) is 17.9 Å². The molecule has 0 fully saturated rings. The Kier molecular flexibility index (Phi) is 3.98. The molecule has 5 rings (SSSR count). The van der Waals surface area contributed by atoms with Crippen LogP contribution in [0.3, 0.4) is 0 Å². The molecule has 2 aromatic carbocycles. The van der Waals surface area contributed by atoms with Crippen LogP contribution in [0, 0.1) is 0 Å². The van der Waals surface area contributed by atoms with E-state index < -0.39 is 0 Å². The number of hydrogen-bond acceptors (Lipinski definition) is 6.